The summed E-state index contributed by atoms with van der Waals surface area (Å²) in [6.07, 6.45) is 2.47. The van der Waals surface area contributed by atoms with E-state index in [2.05, 4.69) is 25.0 Å². The van der Waals surface area contributed by atoms with E-state index >= 15 is 0 Å². The van der Waals surface area contributed by atoms with Crippen LogP contribution in [0.15, 0.2) is 35.5 Å². The number of thioether (sulfide) groups is 1. The summed E-state index contributed by atoms with van der Waals surface area (Å²) in [7, 11) is 1.63. The maximum atomic E-state index is 12.2. The second-order valence-corrected chi connectivity index (χ2v) is 7.71. The predicted octanol–water partition coefficient (Wildman–Crippen LogP) is 2.11. The highest BCUT2D eigenvalue weighted by atomic mass is 32.2. The summed E-state index contributed by atoms with van der Waals surface area (Å²) in [4.78, 5) is 14.6. The number of para-hydroxylation sites is 1. The summed E-state index contributed by atoms with van der Waals surface area (Å²) in [5, 5.41) is 12.5. The van der Waals surface area contributed by atoms with Gasteiger partial charge in [-0.3, -0.25) is 14.3 Å². The summed E-state index contributed by atoms with van der Waals surface area (Å²) in [6, 6.07) is 10.1. The maximum absolute atomic E-state index is 12.2. The first-order valence-electron chi connectivity index (χ1n) is 9.30. The average molecular weight is 390 g/mol. The average Bonchev–Trinajstić information content (AvgIpc) is 3.31. The van der Waals surface area contributed by atoms with Gasteiger partial charge in [0.1, 0.15) is 0 Å². The van der Waals surface area contributed by atoms with E-state index in [-0.39, 0.29) is 11.9 Å². The molecule has 7 nitrogen and oxygen atoms in total. The number of methoxy groups -OCH3 is 1. The number of nitrogens with zero attached hydrogens (tertiary/aromatic N) is 4. The third-order valence-corrected chi connectivity index (χ3v) is 5.36. The molecule has 1 aromatic heterocycles. The Hall–Kier alpha value is -1.90. The number of carbonyl (C=O) groups is 1. The Morgan fingerprint density at radius 1 is 1.26 bits per heavy atom. The van der Waals surface area contributed by atoms with E-state index in [1.165, 1.54) is 24.6 Å². The Kier molecular flexibility index (Phi) is 7.25. The van der Waals surface area contributed by atoms with E-state index in [0.29, 0.717) is 12.4 Å². The van der Waals surface area contributed by atoms with Crippen molar-refractivity contribution >= 4 is 17.7 Å². The van der Waals surface area contributed by atoms with Crippen molar-refractivity contribution in [1.29, 1.82) is 0 Å². The van der Waals surface area contributed by atoms with Crippen LogP contribution in [0, 0.1) is 0 Å². The quantitative estimate of drug-likeness (QED) is 0.662. The van der Waals surface area contributed by atoms with Crippen LogP contribution in [-0.2, 0) is 16.1 Å². The second-order valence-electron chi connectivity index (χ2n) is 6.77. The molecule has 3 rings (SSSR count). The third-order valence-electron chi connectivity index (χ3n) is 4.43. The van der Waals surface area contributed by atoms with Crippen molar-refractivity contribution in [3.8, 4) is 5.69 Å². The van der Waals surface area contributed by atoms with Crippen molar-refractivity contribution in [2.24, 2.45) is 0 Å². The summed E-state index contributed by atoms with van der Waals surface area (Å²) in [5.41, 5.74) is 1.02. The van der Waals surface area contributed by atoms with E-state index in [4.69, 9.17) is 4.74 Å². The van der Waals surface area contributed by atoms with Gasteiger partial charge in [-0.25, -0.2) is 0 Å². The van der Waals surface area contributed by atoms with Crippen LogP contribution >= 0.6 is 11.8 Å². The normalized spacial score (nSPS) is 15.8. The van der Waals surface area contributed by atoms with Gasteiger partial charge < -0.3 is 10.1 Å². The standard InChI is InChI=1S/C19H27N5O2S/c1-15(13-26-2)20-18(25)14-27-19-22-21-17(12-23-10-6-7-11-23)24(19)16-8-4-3-5-9-16/h3-5,8-9,15H,6-7,10-14H2,1-2H3,(H,20,25). The molecule has 2 aromatic rings. The van der Waals surface area contributed by atoms with Crippen molar-refractivity contribution < 1.29 is 9.53 Å². The Labute approximate surface area is 164 Å². The van der Waals surface area contributed by atoms with Gasteiger partial charge in [0, 0.05) is 18.8 Å². The first-order valence-corrected chi connectivity index (χ1v) is 10.3. The smallest absolute Gasteiger partial charge is 0.230 e. The molecule has 27 heavy (non-hydrogen) atoms. The van der Waals surface area contributed by atoms with Crippen LogP contribution in [0.5, 0.6) is 0 Å². The fourth-order valence-corrected chi connectivity index (χ4v) is 3.99. The molecule has 0 spiro atoms. The summed E-state index contributed by atoms with van der Waals surface area (Å²) < 4.78 is 7.12. The molecule has 1 amide bonds. The number of rotatable bonds is 9. The largest absolute Gasteiger partial charge is 0.383 e. The van der Waals surface area contributed by atoms with Crippen LogP contribution in [0.1, 0.15) is 25.6 Å². The van der Waals surface area contributed by atoms with Gasteiger partial charge >= 0.3 is 0 Å². The van der Waals surface area contributed by atoms with Gasteiger partial charge in [0.05, 0.1) is 18.9 Å². The molecule has 2 heterocycles. The van der Waals surface area contributed by atoms with Crippen LogP contribution in [-0.4, -0.2) is 64.2 Å². The minimum atomic E-state index is -0.0340. The van der Waals surface area contributed by atoms with Crippen LogP contribution in [0.25, 0.3) is 5.69 Å². The van der Waals surface area contributed by atoms with Crippen LogP contribution in [0.4, 0.5) is 0 Å². The lowest BCUT2D eigenvalue weighted by atomic mass is 10.3. The van der Waals surface area contributed by atoms with Crippen molar-refractivity contribution in [1.82, 2.24) is 25.0 Å². The highest BCUT2D eigenvalue weighted by Gasteiger charge is 2.20. The predicted molar refractivity (Wildman–Crippen MR) is 106 cm³/mol. The van der Waals surface area contributed by atoms with E-state index in [9.17, 15) is 4.79 Å². The number of hydrogen-bond donors (Lipinski definition) is 1. The lowest BCUT2D eigenvalue weighted by molar-refractivity contribution is -0.119. The zero-order chi connectivity index (χ0) is 19.1. The molecule has 1 aliphatic heterocycles. The zero-order valence-electron chi connectivity index (χ0n) is 15.9. The van der Waals surface area contributed by atoms with Crippen molar-refractivity contribution in [3.05, 3.63) is 36.2 Å². The van der Waals surface area contributed by atoms with E-state index in [1.54, 1.807) is 7.11 Å². The molecule has 0 saturated carbocycles. The van der Waals surface area contributed by atoms with E-state index < -0.39 is 0 Å². The number of benzene rings is 1. The number of hydrogen-bond acceptors (Lipinski definition) is 6. The molecule has 1 aromatic carbocycles. The highest BCUT2D eigenvalue weighted by molar-refractivity contribution is 7.99. The van der Waals surface area contributed by atoms with Crippen LogP contribution < -0.4 is 5.32 Å². The number of likely N-dealkylation sites (tertiary alicyclic amines) is 1. The molecular weight excluding hydrogens is 362 g/mol. The SMILES string of the molecule is COCC(C)NC(=O)CSc1nnc(CN2CCCC2)n1-c1ccccc1. The van der Waals surface area contributed by atoms with E-state index in [0.717, 1.165) is 36.3 Å². The molecule has 0 aliphatic carbocycles. The minimum absolute atomic E-state index is 0.0131. The monoisotopic (exact) mass is 389 g/mol. The molecule has 1 atom stereocenters. The van der Waals surface area contributed by atoms with Crippen molar-refractivity contribution in [2.75, 3.05) is 32.6 Å². The summed E-state index contributed by atoms with van der Waals surface area (Å²) in [6.45, 7) is 5.40. The fraction of sp³-hybridized carbons (Fsp3) is 0.526. The topological polar surface area (TPSA) is 72.3 Å². The summed E-state index contributed by atoms with van der Waals surface area (Å²) in [5.74, 6) is 1.18. The fourth-order valence-electron chi connectivity index (χ4n) is 3.21. The molecule has 1 aliphatic rings. The van der Waals surface area contributed by atoms with Gasteiger partial charge in [-0.2, -0.15) is 0 Å². The minimum Gasteiger partial charge on any atom is -0.383 e. The molecular formula is C19H27N5O2S. The molecule has 8 heteroatoms. The molecule has 0 radical (unpaired) electrons. The molecule has 146 valence electrons. The zero-order valence-corrected chi connectivity index (χ0v) is 16.7. The van der Waals surface area contributed by atoms with Crippen molar-refractivity contribution in [3.63, 3.8) is 0 Å². The van der Waals surface area contributed by atoms with Gasteiger partial charge in [-0.1, -0.05) is 30.0 Å². The molecule has 1 unspecified atom stereocenters. The first kappa shape index (κ1) is 19.9. The van der Waals surface area contributed by atoms with Gasteiger partial charge in [0.15, 0.2) is 11.0 Å². The number of carbonyl (C=O) groups excluding carboxylic acids is 1. The lowest BCUT2D eigenvalue weighted by Crippen LogP contribution is -2.36. The lowest BCUT2D eigenvalue weighted by Gasteiger charge is -2.16. The molecule has 1 N–H and O–H groups in total. The first-order chi connectivity index (χ1) is 13.2. The Balaban J connectivity index is 1.72. The number of aromatic nitrogens is 3. The highest BCUT2D eigenvalue weighted by Crippen LogP contribution is 2.23. The van der Waals surface area contributed by atoms with Crippen molar-refractivity contribution in [2.45, 2.75) is 37.5 Å². The summed E-state index contributed by atoms with van der Waals surface area (Å²) >= 11 is 1.41. The molecule has 1 saturated heterocycles. The Morgan fingerprint density at radius 2 is 2.00 bits per heavy atom. The molecule has 0 bridgehead atoms. The van der Waals surface area contributed by atoms with Gasteiger partial charge in [-0.05, 0) is 45.0 Å². The number of amides is 1. The molecule has 1 fully saturated rings. The Morgan fingerprint density at radius 3 is 2.70 bits per heavy atom. The van der Waals surface area contributed by atoms with Gasteiger partial charge in [0.2, 0.25) is 5.91 Å². The maximum Gasteiger partial charge on any atom is 0.230 e. The third kappa shape index (κ3) is 5.54. The van der Waals surface area contributed by atoms with Crippen LogP contribution in [0.3, 0.4) is 0 Å². The van der Waals surface area contributed by atoms with Crippen LogP contribution in [0.2, 0.25) is 0 Å². The van der Waals surface area contributed by atoms with Gasteiger partial charge in [0.25, 0.3) is 0 Å². The number of ether oxygens (including phenoxy) is 1. The van der Waals surface area contributed by atoms with E-state index in [1.807, 2.05) is 37.3 Å². The Bertz CT molecular complexity index is 731. The number of nitrogens with one attached hydrogen (secondary N) is 1. The van der Waals surface area contributed by atoms with Gasteiger partial charge in [-0.15, -0.1) is 10.2 Å². The second kappa shape index (κ2) is 9.87.